The van der Waals surface area contributed by atoms with E-state index in [1.807, 2.05) is 53.2 Å². The summed E-state index contributed by atoms with van der Waals surface area (Å²) in [6.07, 6.45) is 4.00. The Morgan fingerprint density at radius 2 is 2.00 bits per heavy atom. The van der Waals surface area contributed by atoms with Gasteiger partial charge in [-0.3, -0.25) is 0 Å². The highest BCUT2D eigenvalue weighted by atomic mass is 127. The summed E-state index contributed by atoms with van der Waals surface area (Å²) in [5.74, 6) is 0.839. The van der Waals surface area contributed by atoms with E-state index in [0.717, 1.165) is 27.1 Å². The normalized spacial score (nSPS) is 10.2. The first-order valence-electron chi connectivity index (χ1n) is 5.55. The summed E-state index contributed by atoms with van der Waals surface area (Å²) >= 11 is 3.45. The van der Waals surface area contributed by atoms with Gasteiger partial charge in [0.15, 0.2) is 0 Å². The number of ether oxygens (including phenoxy) is 1. The van der Waals surface area contributed by atoms with Crippen LogP contribution in [0.1, 0.15) is 0 Å². The van der Waals surface area contributed by atoms with Gasteiger partial charge in [-0.05, 0) is 40.2 Å². The first kappa shape index (κ1) is 14.3. The van der Waals surface area contributed by atoms with E-state index in [4.69, 9.17) is 4.74 Å². The summed E-state index contributed by atoms with van der Waals surface area (Å²) in [5.41, 5.74) is 2.91. The van der Waals surface area contributed by atoms with E-state index in [9.17, 15) is 0 Å². The lowest BCUT2D eigenvalue weighted by atomic mass is 10.1. The Morgan fingerprint density at radius 1 is 1.16 bits per heavy atom. The fourth-order valence-corrected chi connectivity index (χ4v) is 2.24. The Kier molecular flexibility index (Phi) is 4.46. The van der Waals surface area contributed by atoms with E-state index in [-0.39, 0.29) is 24.0 Å². The highest BCUT2D eigenvalue weighted by Crippen LogP contribution is 2.24. The number of aromatic nitrogens is 2. The molecule has 0 saturated heterocycles. The number of imidazole rings is 1. The third-order valence-electron chi connectivity index (χ3n) is 2.78. The van der Waals surface area contributed by atoms with Crippen LogP contribution in [0.5, 0.6) is 5.75 Å². The average Bonchev–Trinajstić information content (AvgIpc) is 2.81. The zero-order chi connectivity index (χ0) is 12.5. The van der Waals surface area contributed by atoms with Crippen molar-refractivity contribution in [3.63, 3.8) is 0 Å². The molecule has 3 nitrogen and oxygen atoms in total. The molecule has 0 fully saturated rings. The molecule has 0 unspecified atom stereocenters. The molecule has 2 aromatic heterocycles. The van der Waals surface area contributed by atoms with Crippen LogP contribution >= 0.6 is 39.9 Å². The fraction of sp³-hybridized carbons (Fsp3) is 0.0714. The first-order chi connectivity index (χ1) is 8.76. The van der Waals surface area contributed by atoms with Crippen molar-refractivity contribution < 1.29 is 4.74 Å². The summed E-state index contributed by atoms with van der Waals surface area (Å²) in [4.78, 5) is 4.59. The maximum atomic E-state index is 5.23. The number of rotatable bonds is 2. The van der Waals surface area contributed by atoms with E-state index in [1.54, 1.807) is 7.11 Å². The second kappa shape index (κ2) is 5.92. The third-order valence-corrected chi connectivity index (χ3v) is 3.25. The Bertz CT molecular complexity index is 711. The summed E-state index contributed by atoms with van der Waals surface area (Å²) in [6, 6.07) is 11.9. The quantitative estimate of drug-likeness (QED) is 0.563. The van der Waals surface area contributed by atoms with Crippen LogP contribution in [-0.4, -0.2) is 16.5 Å². The average molecular weight is 431 g/mol. The van der Waals surface area contributed by atoms with Crippen molar-refractivity contribution in [3.05, 3.63) is 53.3 Å². The largest absolute Gasteiger partial charge is 0.497 e. The SMILES string of the molecule is COc1cccc(-c2cn3cc(Br)ccc3n2)c1.I. The number of hydrogen-bond donors (Lipinski definition) is 0. The van der Waals surface area contributed by atoms with Crippen LogP contribution in [0.3, 0.4) is 0 Å². The van der Waals surface area contributed by atoms with E-state index < -0.39 is 0 Å². The molecule has 0 atom stereocenters. The molecule has 0 N–H and O–H groups in total. The lowest BCUT2D eigenvalue weighted by molar-refractivity contribution is 0.415. The third kappa shape index (κ3) is 2.92. The Hall–Kier alpha value is -1.08. The number of hydrogen-bond acceptors (Lipinski definition) is 2. The summed E-state index contributed by atoms with van der Waals surface area (Å²) in [6.45, 7) is 0. The number of nitrogens with zero attached hydrogens (tertiary/aromatic N) is 2. The Balaban J connectivity index is 0.00000133. The topological polar surface area (TPSA) is 26.5 Å². The minimum atomic E-state index is 0. The van der Waals surface area contributed by atoms with Crippen LogP contribution in [0.15, 0.2) is 53.3 Å². The van der Waals surface area contributed by atoms with Crippen LogP contribution in [0.2, 0.25) is 0 Å². The second-order valence-electron chi connectivity index (χ2n) is 3.97. The van der Waals surface area contributed by atoms with Gasteiger partial charge in [0.2, 0.25) is 0 Å². The minimum absolute atomic E-state index is 0. The predicted molar refractivity (Wildman–Crippen MR) is 90.3 cm³/mol. The van der Waals surface area contributed by atoms with Crippen molar-refractivity contribution in [1.29, 1.82) is 0 Å². The van der Waals surface area contributed by atoms with Crippen molar-refractivity contribution in [1.82, 2.24) is 9.38 Å². The molecule has 0 amide bonds. The monoisotopic (exact) mass is 430 g/mol. The van der Waals surface area contributed by atoms with Gasteiger partial charge in [-0.2, -0.15) is 0 Å². The van der Waals surface area contributed by atoms with E-state index in [0.29, 0.717) is 0 Å². The minimum Gasteiger partial charge on any atom is -0.497 e. The molecule has 0 bridgehead atoms. The van der Waals surface area contributed by atoms with Crippen LogP contribution in [0.25, 0.3) is 16.9 Å². The predicted octanol–water partition coefficient (Wildman–Crippen LogP) is 4.39. The maximum absolute atomic E-state index is 5.23. The summed E-state index contributed by atoms with van der Waals surface area (Å²) in [5, 5.41) is 0. The lowest BCUT2D eigenvalue weighted by Gasteiger charge is -2.00. The molecular weight excluding hydrogens is 419 g/mol. The lowest BCUT2D eigenvalue weighted by Crippen LogP contribution is -1.83. The van der Waals surface area contributed by atoms with Crippen molar-refractivity contribution in [3.8, 4) is 17.0 Å². The molecule has 0 saturated carbocycles. The number of benzene rings is 1. The Morgan fingerprint density at radius 3 is 2.79 bits per heavy atom. The standard InChI is InChI=1S/C14H11BrN2O.HI/c1-18-12-4-2-3-10(7-12)13-9-17-8-11(15)5-6-14(17)16-13;/h2-9H,1H3;1H. The van der Waals surface area contributed by atoms with Gasteiger partial charge in [-0.1, -0.05) is 12.1 Å². The van der Waals surface area contributed by atoms with E-state index >= 15 is 0 Å². The van der Waals surface area contributed by atoms with Gasteiger partial charge in [0, 0.05) is 22.4 Å². The van der Waals surface area contributed by atoms with Gasteiger partial charge >= 0.3 is 0 Å². The summed E-state index contributed by atoms with van der Waals surface area (Å²) in [7, 11) is 1.67. The van der Waals surface area contributed by atoms with Gasteiger partial charge in [0.1, 0.15) is 11.4 Å². The molecule has 3 rings (SSSR count). The van der Waals surface area contributed by atoms with Crippen molar-refractivity contribution in [2.75, 3.05) is 7.11 Å². The number of fused-ring (bicyclic) bond motifs is 1. The van der Waals surface area contributed by atoms with Crippen molar-refractivity contribution in [2.24, 2.45) is 0 Å². The highest BCUT2D eigenvalue weighted by molar-refractivity contribution is 14.0. The number of methoxy groups -OCH3 is 1. The zero-order valence-electron chi connectivity index (χ0n) is 10.2. The second-order valence-corrected chi connectivity index (χ2v) is 4.89. The molecule has 1 aromatic carbocycles. The van der Waals surface area contributed by atoms with Crippen molar-refractivity contribution >= 4 is 45.6 Å². The Labute approximate surface area is 136 Å². The molecular formula is C14H12BrIN2O. The van der Waals surface area contributed by atoms with E-state index in [1.165, 1.54) is 0 Å². The molecule has 0 spiro atoms. The van der Waals surface area contributed by atoms with Gasteiger partial charge in [0.25, 0.3) is 0 Å². The van der Waals surface area contributed by atoms with Crippen LogP contribution in [0.4, 0.5) is 0 Å². The molecule has 0 aliphatic heterocycles. The van der Waals surface area contributed by atoms with Gasteiger partial charge in [0.05, 0.1) is 12.8 Å². The molecule has 0 radical (unpaired) electrons. The molecule has 19 heavy (non-hydrogen) atoms. The molecule has 98 valence electrons. The number of pyridine rings is 1. The van der Waals surface area contributed by atoms with Crippen LogP contribution in [-0.2, 0) is 0 Å². The molecule has 2 heterocycles. The fourth-order valence-electron chi connectivity index (χ4n) is 1.89. The molecule has 0 aliphatic carbocycles. The van der Waals surface area contributed by atoms with Gasteiger partial charge in [-0.25, -0.2) is 4.98 Å². The highest BCUT2D eigenvalue weighted by Gasteiger charge is 2.05. The first-order valence-corrected chi connectivity index (χ1v) is 6.34. The van der Waals surface area contributed by atoms with Gasteiger partial charge in [-0.15, -0.1) is 24.0 Å². The van der Waals surface area contributed by atoms with Crippen molar-refractivity contribution in [2.45, 2.75) is 0 Å². The molecule has 5 heteroatoms. The molecule has 0 aliphatic rings. The maximum Gasteiger partial charge on any atom is 0.137 e. The van der Waals surface area contributed by atoms with E-state index in [2.05, 4.69) is 20.9 Å². The van der Waals surface area contributed by atoms with Crippen LogP contribution in [0, 0.1) is 0 Å². The van der Waals surface area contributed by atoms with Crippen LogP contribution < -0.4 is 4.74 Å². The summed E-state index contributed by atoms with van der Waals surface area (Å²) < 4.78 is 8.26. The smallest absolute Gasteiger partial charge is 0.137 e. The number of halogens is 2. The molecule has 3 aromatic rings. The van der Waals surface area contributed by atoms with Gasteiger partial charge < -0.3 is 9.14 Å². The zero-order valence-corrected chi connectivity index (χ0v) is 14.1.